The van der Waals surface area contributed by atoms with Crippen LogP contribution in [0.5, 0.6) is 0 Å². The Balaban J connectivity index is 2.31. The molecule has 0 aliphatic carbocycles. The molecule has 0 spiro atoms. The fraction of sp³-hybridized carbons (Fsp3) is 0.250. The lowest BCUT2D eigenvalue weighted by Gasteiger charge is -1.91. The number of hydrogen-bond donors (Lipinski definition) is 2. The molecule has 2 aromatic heterocycles. The zero-order chi connectivity index (χ0) is 10.8. The molecule has 0 fully saturated rings. The molecule has 78 valence electrons. The van der Waals surface area contributed by atoms with Crippen LogP contribution in [0, 0.1) is 0 Å². The second-order valence-corrected chi connectivity index (χ2v) is 3.95. The number of imidazole rings is 1. The second kappa shape index (κ2) is 3.85. The van der Waals surface area contributed by atoms with Crippen LogP contribution in [0.3, 0.4) is 0 Å². The number of ketones is 1. The van der Waals surface area contributed by atoms with Gasteiger partial charge in [-0.15, -0.1) is 0 Å². The Labute approximate surface area is 89.7 Å². The van der Waals surface area contributed by atoms with Crippen LogP contribution in [0.1, 0.15) is 6.92 Å². The van der Waals surface area contributed by atoms with Crippen molar-refractivity contribution in [2.24, 2.45) is 0 Å². The van der Waals surface area contributed by atoms with Gasteiger partial charge in [-0.05, 0) is 6.92 Å². The lowest BCUT2D eigenvalue weighted by atomic mass is 10.5. The van der Waals surface area contributed by atoms with Crippen LogP contribution in [0.4, 0.5) is 5.82 Å². The molecule has 0 bridgehead atoms. The molecule has 3 N–H and O–H groups in total. The maximum absolute atomic E-state index is 10.8. The Morgan fingerprint density at radius 1 is 1.60 bits per heavy atom. The number of nitrogens with zero attached hydrogens (tertiary/aromatic N) is 3. The van der Waals surface area contributed by atoms with Gasteiger partial charge in [0.05, 0.1) is 5.75 Å². The van der Waals surface area contributed by atoms with E-state index in [1.165, 1.54) is 25.0 Å². The van der Waals surface area contributed by atoms with Crippen LogP contribution in [0.2, 0.25) is 0 Å². The summed E-state index contributed by atoms with van der Waals surface area (Å²) in [7, 11) is 0. The predicted octanol–water partition coefficient (Wildman–Crippen LogP) is 0.616. The minimum absolute atomic E-state index is 0.0968. The minimum Gasteiger partial charge on any atom is -0.382 e. The summed E-state index contributed by atoms with van der Waals surface area (Å²) in [6, 6.07) is 0. The number of rotatable bonds is 3. The average Bonchev–Trinajstić information content (AvgIpc) is 2.59. The second-order valence-electron chi connectivity index (χ2n) is 2.99. The minimum atomic E-state index is 0.0968. The highest BCUT2D eigenvalue weighted by molar-refractivity contribution is 7.99. The van der Waals surface area contributed by atoms with E-state index in [0.29, 0.717) is 27.9 Å². The maximum atomic E-state index is 10.8. The number of hydrogen-bond acceptors (Lipinski definition) is 6. The standard InChI is InChI=1S/C8H9N5OS/c1-4(14)2-15-8-12-5-6(9)10-3-11-7(5)13-8/h3H,2H2,1H3,(H3,9,10,11,12,13). The van der Waals surface area contributed by atoms with Gasteiger partial charge in [-0.25, -0.2) is 15.0 Å². The highest BCUT2D eigenvalue weighted by atomic mass is 32.2. The van der Waals surface area contributed by atoms with Crippen molar-refractivity contribution in [3.8, 4) is 0 Å². The first-order valence-electron chi connectivity index (χ1n) is 4.25. The van der Waals surface area contributed by atoms with Gasteiger partial charge in [-0.2, -0.15) is 0 Å². The topological polar surface area (TPSA) is 97.6 Å². The fourth-order valence-corrected chi connectivity index (χ4v) is 1.73. The Kier molecular flexibility index (Phi) is 2.55. The number of thioether (sulfide) groups is 1. The molecular weight excluding hydrogens is 214 g/mol. The Morgan fingerprint density at radius 2 is 2.40 bits per heavy atom. The summed E-state index contributed by atoms with van der Waals surface area (Å²) in [6.45, 7) is 1.53. The number of aromatic nitrogens is 4. The molecule has 15 heavy (non-hydrogen) atoms. The molecule has 0 atom stereocenters. The van der Waals surface area contributed by atoms with E-state index >= 15 is 0 Å². The highest BCUT2D eigenvalue weighted by Gasteiger charge is 2.08. The number of carbonyl (C=O) groups is 1. The van der Waals surface area contributed by atoms with E-state index in [2.05, 4.69) is 19.9 Å². The van der Waals surface area contributed by atoms with Gasteiger partial charge in [0.15, 0.2) is 16.6 Å². The zero-order valence-electron chi connectivity index (χ0n) is 8.02. The number of aromatic amines is 1. The lowest BCUT2D eigenvalue weighted by molar-refractivity contribution is -0.114. The summed E-state index contributed by atoms with van der Waals surface area (Å²) in [6.07, 6.45) is 1.36. The normalized spacial score (nSPS) is 10.7. The predicted molar refractivity (Wildman–Crippen MR) is 57.5 cm³/mol. The number of carbonyl (C=O) groups excluding carboxylic acids is 1. The summed E-state index contributed by atoms with van der Waals surface area (Å²) in [5.74, 6) is 0.842. The van der Waals surface area contributed by atoms with E-state index in [-0.39, 0.29) is 5.78 Å². The van der Waals surface area contributed by atoms with Crippen LogP contribution in [0.15, 0.2) is 11.5 Å². The van der Waals surface area contributed by atoms with Gasteiger partial charge in [0.2, 0.25) is 0 Å². The SMILES string of the molecule is CC(=O)CSc1nc2ncnc(N)c2[nH]1. The molecule has 2 aromatic rings. The fourth-order valence-electron chi connectivity index (χ4n) is 1.06. The Hall–Kier alpha value is -1.63. The monoisotopic (exact) mass is 223 g/mol. The van der Waals surface area contributed by atoms with Crippen molar-refractivity contribution < 1.29 is 4.79 Å². The number of nitrogens with one attached hydrogen (secondary N) is 1. The van der Waals surface area contributed by atoms with Crippen molar-refractivity contribution in [1.29, 1.82) is 0 Å². The molecule has 2 rings (SSSR count). The van der Waals surface area contributed by atoms with E-state index in [1.54, 1.807) is 0 Å². The van der Waals surface area contributed by atoms with Crippen LogP contribution < -0.4 is 5.73 Å². The number of nitrogen functional groups attached to an aromatic ring is 1. The maximum Gasteiger partial charge on any atom is 0.183 e. The third kappa shape index (κ3) is 2.07. The lowest BCUT2D eigenvalue weighted by Crippen LogP contribution is -1.93. The van der Waals surface area contributed by atoms with Gasteiger partial charge in [0, 0.05) is 0 Å². The summed E-state index contributed by atoms with van der Waals surface area (Å²) in [5, 5.41) is 0.632. The van der Waals surface area contributed by atoms with Crippen molar-refractivity contribution in [2.45, 2.75) is 12.1 Å². The largest absolute Gasteiger partial charge is 0.382 e. The van der Waals surface area contributed by atoms with Crippen molar-refractivity contribution in [2.75, 3.05) is 11.5 Å². The summed E-state index contributed by atoms with van der Waals surface area (Å²) < 4.78 is 0. The molecule has 0 radical (unpaired) electrons. The molecule has 0 aliphatic rings. The number of Topliss-reactive ketones (excluding diaryl/α,β-unsaturated/α-hetero) is 1. The van der Waals surface area contributed by atoms with Crippen LogP contribution >= 0.6 is 11.8 Å². The number of fused-ring (bicyclic) bond motifs is 1. The molecule has 0 aliphatic heterocycles. The molecule has 6 nitrogen and oxygen atoms in total. The molecule has 2 heterocycles. The average molecular weight is 223 g/mol. The van der Waals surface area contributed by atoms with Gasteiger partial charge >= 0.3 is 0 Å². The van der Waals surface area contributed by atoms with Crippen LogP contribution in [-0.4, -0.2) is 31.5 Å². The molecule has 0 saturated carbocycles. The van der Waals surface area contributed by atoms with E-state index in [4.69, 9.17) is 5.73 Å². The van der Waals surface area contributed by atoms with Gasteiger partial charge in [-0.3, -0.25) is 4.79 Å². The van der Waals surface area contributed by atoms with Gasteiger partial charge < -0.3 is 10.7 Å². The molecule has 0 saturated heterocycles. The van der Waals surface area contributed by atoms with Gasteiger partial charge in [-0.1, -0.05) is 11.8 Å². The van der Waals surface area contributed by atoms with Crippen molar-refractivity contribution >= 4 is 34.5 Å². The number of nitrogens with two attached hydrogens (primary N) is 1. The molecule has 7 heteroatoms. The summed E-state index contributed by atoms with van der Waals surface area (Å²) >= 11 is 1.32. The smallest absolute Gasteiger partial charge is 0.183 e. The van der Waals surface area contributed by atoms with Crippen LogP contribution in [-0.2, 0) is 4.79 Å². The molecule has 0 aromatic carbocycles. The highest BCUT2D eigenvalue weighted by Crippen LogP contribution is 2.20. The first-order valence-corrected chi connectivity index (χ1v) is 5.24. The molecule has 0 unspecified atom stereocenters. The van der Waals surface area contributed by atoms with Crippen molar-refractivity contribution in [1.82, 2.24) is 19.9 Å². The molecule has 0 amide bonds. The number of anilines is 1. The summed E-state index contributed by atoms with van der Waals surface area (Å²) in [4.78, 5) is 25.7. The first-order chi connectivity index (χ1) is 7.16. The molecular formula is C8H9N5OS. The number of H-pyrrole nitrogens is 1. The van der Waals surface area contributed by atoms with Crippen LogP contribution in [0.25, 0.3) is 11.2 Å². The van der Waals surface area contributed by atoms with E-state index in [1.807, 2.05) is 0 Å². The van der Waals surface area contributed by atoms with E-state index in [9.17, 15) is 4.79 Å². The van der Waals surface area contributed by atoms with Crippen molar-refractivity contribution in [3.63, 3.8) is 0 Å². The van der Waals surface area contributed by atoms with E-state index < -0.39 is 0 Å². The van der Waals surface area contributed by atoms with Gasteiger partial charge in [0.1, 0.15) is 17.6 Å². The first kappa shape index (κ1) is 9.91. The van der Waals surface area contributed by atoms with Crippen molar-refractivity contribution in [3.05, 3.63) is 6.33 Å². The van der Waals surface area contributed by atoms with Gasteiger partial charge in [0.25, 0.3) is 0 Å². The van der Waals surface area contributed by atoms with E-state index in [0.717, 1.165) is 0 Å². The Bertz CT molecular complexity index is 509. The Morgan fingerprint density at radius 3 is 3.07 bits per heavy atom. The third-order valence-corrected chi connectivity index (χ3v) is 2.73. The zero-order valence-corrected chi connectivity index (χ0v) is 8.84. The summed E-state index contributed by atoms with van der Waals surface area (Å²) in [5.41, 5.74) is 6.76. The quantitative estimate of drug-likeness (QED) is 0.740. The third-order valence-electron chi connectivity index (χ3n) is 1.71.